The van der Waals surface area contributed by atoms with E-state index in [2.05, 4.69) is 237 Å². The predicted octanol–water partition coefficient (Wildman–Crippen LogP) is 16.2. The van der Waals surface area contributed by atoms with E-state index in [1.165, 1.54) is 4.70 Å². The largest absolute Gasteiger partial charge is 0.306 e. The van der Waals surface area contributed by atoms with E-state index in [4.69, 9.17) is 0 Å². The van der Waals surface area contributed by atoms with Crippen LogP contribution in [0.5, 0.6) is 0 Å². The third-order valence-corrected chi connectivity index (χ3v) is 15.6. The molecule has 0 bridgehead atoms. The van der Waals surface area contributed by atoms with Crippen LogP contribution >= 0.6 is 11.3 Å². The molecule has 0 saturated carbocycles. The Morgan fingerprint density at radius 2 is 0.580 bits per heavy atom. The zero-order valence-corrected chi connectivity index (χ0v) is 37.5. The summed E-state index contributed by atoms with van der Waals surface area (Å²) < 4.78 is 11.7. The highest BCUT2D eigenvalue weighted by atomic mass is 32.1. The maximum Gasteiger partial charge on any atom is 0.103 e. The number of fused-ring (bicyclic) bond motifs is 16. The number of aromatic nitrogens is 4. The van der Waals surface area contributed by atoms with Crippen LogP contribution in [-0.4, -0.2) is 18.3 Å². The summed E-state index contributed by atoms with van der Waals surface area (Å²) in [7, 11) is 0. The number of nitriles is 2. The standard InChI is InChI=1S/C62H34N6S/c63-35-46-47(36-64)60(68-54-31-15-7-23-43(54)44-33-34-56-57(58(44)68)45-24-8-16-32-55(45)69-56)62(67-52-29-13-5-21-41(52)42-22-6-14-30-53(42)67)61(66-50-27-11-3-19-39(50)40-20-4-12-28-51(40)66)59(46)65-48-25-9-1-17-37(48)38-18-2-10-26-49(38)65/h1-34H. The number of para-hydroxylation sites is 7. The van der Waals surface area contributed by atoms with Crippen LogP contribution in [0.4, 0.5) is 0 Å². The molecule has 0 unspecified atom stereocenters. The van der Waals surface area contributed by atoms with Gasteiger partial charge < -0.3 is 18.3 Å². The summed E-state index contributed by atoms with van der Waals surface area (Å²) in [6.07, 6.45) is 0. The lowest BCUT2D eigenvalue weighted by molar-refractivity contribution is 1.01. The maximum atomic E-state index is 12.2. The Morgan fingerprint density at radius 1 is 0.275 bits per heavy atom. The van der Waals surface area contributed by atoms with Crippen molar-refractivity contribution in [1.82, 2.24) is 18.3 Å². The van der Waals surface area contributed by atoms with E-state index in [9.17, 15) is 10.5 Å². The quantitative estimate of drug-likeness (QED) is 0.177. The van der Waals surface area contributed by atoms with Gasteiger partial charge in [-0.3, -0.25) is 0 Å². The first kappa shape index (κ1) is 37.8. The van der Waals surface area contributed by atoms with Crippen molar-refractivity contribution in [1.29, 1.82) is 10.5 Å². The first-order valence-corrected chi connectivity index (χ1v) is 23.9. The van der Waals surface area contributed by atoms with Gasteiger partial charge >= 0.3 is 0 Å². The van der Waals surface area contributed by atoms with Gasteiger partial charge in [-0.25, -0.2) is 0 Å². The van der Waals surface area contributed by atoms with Gasteiger partial charge in [0.2, 0.25) is 0 Å². The van der Waals surface area contributed by atoms with E-state index in [1.54, 1.807) is 11.3 Å². The van der Waals surface area contributed by atoms with Crippen LogP contribution in [0.3, 0.4) is 0 Å². The lowest BCUT2D eigenvalue weighted by atomic mass is 9.98. The zero-order valence-electron chi connectivity index (χ0n) is 36.7. The van der Waals surface area contributed by atoms with Gasteiger partial charge in [0.15, 0.2) is 0 Å². The number of nitrogens with zero attached hydrogens (tertiary/aromatic N) is 6. The molecule has 15 aromatic rings. The Hall–Kier alpha value is -9.40. The van der Waals surface area contributed by atoms with Crippen LogP contribution in [0, 0.1) is 22.7 Å². The van der Waals surface area contributed by atoms with Crippen LogP contribution in [0.2, 0.25) is 0 Å². The van der Waals surface area contributed by atoms with E-state index < -0.39 is 0 Å². The number of rotatable bonds is 4. The lowest BCUT2D eigenvalue weighted by Crippen LogP contribution is -2.17. The molecule has 15 rings (SSSR count). The smallest absolute Gasteiger partial charge is 0.103 e. The van der Waals surface area contributed by atoms with E-state index in [-0.39, 0.29) is 11.1 Å². The van der Waals surface area contributed by atoms with Crippen LogP contribution in [0.15, 0.2) is 206 Å². The molecular weight excluding hydrogens is 861 g/mol. The second-order valence-corrected chi connectivity index (χ2v) is 18.8. The Labute approximate surface area is 397 Å². The van der Waals surface area contributed by atoms with E-state index in [0.29, 0.717) is 11.4 Å². The fourth-order valence-corrected chi connectivity index (χ4v) is 12.9. The molecule has 0 spiro atoms. The second kappa shape index (κ2) is 14.1. The Kier molecular flexibility index (Phi) is 7.70. The monoisotopic (exact) mass is 894 g/mol. The highest BCUT2D eigenvalue weighted by Gasteiger charge is 2.35. The topological polar surface area (TPSA) is 67.3 Å². The van der Waals surface area contributed by atoms with Gasteiger partial charge in [0.1, 0.15) is 12.1 Å². The number of benzene rings is 10. The number of hydrogen-bond acceptors (Lipinski definition) is 3. The lowest BCUT2D eigenvalue weighted by Gasteiger charge is -2.27. The summed E-state index contributed by atoms with van der Waals surface area (Å²) in [5, 5.41) is 35.3. The molecule has 0 aliphatic heterocycles. The summed E-state index contributed by atoms with van der Waals surface area (Å²) in [4.78, 5) is 0. The van der Waals surface area contributed by atoms with Crippen molar-refractivity contribution in [3.63, 3.8) is 0 Å². The van der Waals surface area contributed by atoms with Crippen LogP contribution in [0.25, 0.3) is 130 Å². The number of hydrogen-bond donors (Lipinski definition) is 0. The summed E-state index contributed by atoms with van der Waals surface area (Å²) in [5.41, 5.74) is 11.1. The van der Waals surface area contributed by atoms with Gasteiger partial charge in [0.05, 0.1) is 78.0 Å². The fourth-order valence-electron chi connectivity index (χ4n) is 11.8. The van der Waals surface area contributed by atoms with E-state index in [1.807, 2.05) is 0 Å². The van der Waals surface area contributed by atoms with E-state index in [0.717, 1.165) is 114 Å². The van der Waals surface area contributed by atoms with Crippen LogP contribution < -0.4 is 0 Å². The minimum atomic E-state index is 0.286. The number of thiophene rings is 1. The average Bonchev–Trinajstić information content (AvgIpc) is 4.21. The SMILES string of the molecule is N#Cc1c(C#N)c(-n2c3ccccc3c3ccc4sc5ccccc5c4c32)c(-n2c3ccccc3c3ccccc32)c(-n2c3ccccc3c3ccccc32)c1-n1c2ccccc2c2ccccc21. The first-order valence-electron chi connectivity index (χ1n) is 23.1. The van der Waals surface area contributed by atoms with Gasteiger partial charge in [-0.05, 0) is 54.6 Å². The third kappa shape index (κ3) is 4.91. The highest BCUT2D eigenvalue weighted by Crippen LogP contribution is 2.51. The molecule has 318 valence electrons. The Balaban J connectivity index is 1.32. The first-order chi connectivity index (χ1) is 34.2. The van der Waals surface area contributed by atoms with Gasteiger partial charge in [0.25, 0.3) is 0 Å². The van der Waals surface area contributed by atoms with Crippen molar-refractivity contribution in [3.8, 4) is 34.9 Å². The van der Waals surface area contributed by atoms with Crippen molar-refractivity contribution < 1.29 is 0 Å². The van der Waals surface area contributed by atoms with Crippen molar-refractivity contribution in [3.05, 3.63) is 217 Å². The molecule has 0 N–H and O–H groups in total. The van der Waals surface area contributed by atoms with Crippen molar-refractivity contribution >= 4 is 119 Å². The van der Waals surface area contributed by atoms with Gasteiger partial charge in [-0.2, -0.15) is 10.5 Å². The molecule has 69 heavy (non-hydrogen) atoms. The molecule has 6 nitrogen and oxygen atoms in total. The minimum Gasteiger partial charge on any atom is -0.306 e. The third-order valence-electron chi connectivity index (χ3n) is 14.4. The Bertz CT molecular complexity index is 4660. The van der Waals surface area contributed by atoms with E-state index >= 15 is 0 Å². The zero-order chi connectivity index (χ0) is 45.5. The van der Waals surface area contributed by atoms with Crippen LogP contribution in [-0.2, 0) is 0 Å². The summed E-state index contributed by atoms with van der Waals surface area (Å²) in [6.45, 7) is 0. The second-order valence-electron chi connectivity index (χ2n) is 17.8. The van der Waals surface area contributed by atoms with Crippen LogP contribution in [0.1, 0.15) is 11.1 Å². The summed E-state index contributed by atoms with van der Waals surface area (Å²) in [5.74, 6) is 0. The average molecular weight is 895 g/mol. The molecule has 5 heterocycles. The summed E-state index contributed by atoms with van der Waals surface area (Å²) >= 11 is 1.78. The molecule has 7 heteroatoms. The van der Waals surface area contributed by atoms with Crippen molar-refractivity contribution in [2.45, 2.75) is 0 Å². The Morgan fingerprint density at radius 3 is 0.971 bits per heavy atom. The summed E-state index contributed by atoms with van der Waals surface area (Å²) in [6, 6.07) is 78.3. The molecular formula is C62H34N6S. The molecule has 0 aliphatic rings. The van der Waals surface area contributed by atoms with Crippen molar-refractivity contribution in [2.75, 3.05) is 0 Å². The minimum absolute atomic E-state index is 0.286. The molecule has 0 radical (unpaired) electrons. The molecule has 5 aromatic heterocycles. The maximum absolute atomic E-state index is 12.2. The van der Waals surface area contributed by atoms with Gasteiger partial charge in [0, 0.05) is 63.3 Å². The van der Waals surface area contributed by atoms with Gasteiger partial charge in [-0.1, -0.05) is 152 Å². The van der Waals surface area contributed by atoms with Crippen molar-refractivity contribution in [2.24, 2.45) is 0 Å². The van der Waals surface area contributed by atoms with Gasteiger partial charge in [-0.15, -0.1) is 11.3 Å². The highest BCUT2D eigenvalue weighted by molar-refractivity contribution is 7.26. The molecule has 0 aliphatic carbocycles. The molecule has 0 atom stereocenters. The molecule has 0 amide bonds. The molecule has 10 aromatic carbocycles. The fraction of sp³-hybridized carbons (Fsp3) is 0. The molecule has 0 saturated heterocycles. The normalized spacial score (nSPS) is 12.0. The molecule has 0 fully saturated rings. The predicted molar refractivity (Wildman–Crippen MR) is 286 cm³/mol.